The van der Waals surface area contributed by atoms with Crippen molar-refractivity contribution >= 4 is 33.9 Å². The zero-order chi connectivity index (χ0) is 31.4. The molecule has 10 heteroatoms. The van der Waals surface area contributed by atoms with Crippen LogP contribution in [0.3, 0.4) is 0 Å². The number of pyridine rings is 1. The molecule has 2 aromatic carbocycles. The number of ether oxygens (including phenoxy) is 1. The maximum absolute atomic E-state index is 13.7. The Labute approximate surface area is 266 Å². The second-order valence-corrected chi connectivity index (χ2v) is 13.7. The van der Waals surface area contributed by atoms with E-state index >= 15 is 0 Å². The summed E-state index contributed by atoms with van der Waals surface area (Å²) in [5.41, 5.74) is 14.0. The molecular formula is C36H37N7O3. The van der Waals surface area contributed by atoms with Gasteiger partial charge in [0.1, 0.15) is 16.9 Å². The number of piperidine rings is 1. The number of benzene rings is 2. The van der Waals surface area contributed by atoms with Crippen molar-refractivity contribution in [3.8, 4) is 28.5 Å². The number of nitrogens with zero attached hydrogens (tertiary/aromatic N) is 6. The Morgan fingerprint density at radius 1 is 1.02 bits per heavy atom. The smallest absolute Gasteiger partial charge is 0.254 e. The summed E-state index contributed by atoms with van der Waals surface area (Å²) in [4.78, 5) is 40.5. The predicted octanol–water partition coefficient (Wildman–Crippen LogP) is 4.82. The highest BCUT2D eigenvalue weighted by Gasteiger charge is 2.47. The van der Waals surface area contributed by atoms with Gasteiger partial charge in [0.15, 0.2) is 5.82 Å². The highest BCUT2D eigenvalue weighted by atomic mass is 16.5. The second kappa shape index (κ2) is 9.90. The van der Waals surface area contributed by atoms with E-state index in [0.717, 1.165) is 75.4 Å². The SMILES string of the molecule is COc1cc(C(=O)N2CC3CCC2C3N)cc2nc(-c3cc4ccc(-c5ccc6c(c5)C(=O)N(C)C6)nc4n3CC3CC3)n(C)c12. The van der Waals surface area contributed by atoms with E-state index in [-0.39, 0.29) is 23.9 Å². The third-order valence-electron chi connectivity index (χ3n) is 10.8. The summed E-state index contributed by atoms with van der Waals surface area (Å²) in [5, 5.41) is 1.03. The third-order valence-corrected chi connectivity index (χ3v) is 10.8. The lowest BCUT2D eigenvalue weighted by atomic mass is 10.0. The first-order valence-electron chi connectivity index (χ1n) is 16.3. The number of imidazole rings is 1. The zero-order valence-corrected chi connectivity index (χ0v) is 26.4. The number of likely N-dealkylation sites (tertiary alicyclic amines) is 1. The molecule has 46 heavy (non-hydrogen) atoms. The van der Waals surface area contributed by atoms with Gasteiger partial charge >= 0.3 is 0 Å². The van der Waals surface area contributed by atoms with Crippen molar-refractivity contribution in [2.75, 3.05) is 20.7 Å². The van der Waals surface area contributed by atoms with Crippen molar-refractivity contribution in [2.24, 2.45) is 24.6 Å². The number of hydrogen-bond donors (Lipinski definition) is 1. The number of rotatable bonds is 6. The number of hydrogen-bond acceptors (Lipinski definition) is 6. The van der Waals surface area contributed by atoms with E-state index in [1.807, 2.05) is 49.3 Å². The van der Waals surface area contributed by atoms with Crippen LogP contribution in [-0.2, 0) is 20.1 Å². The van der Waals surface area contributed by atoms with Crippen LogP contribution in [0.25, 0.3) is 44.8 Å². The summed E-state index contributed by atoms with van der Waals surface area (Å²) in [7, 11) is 5.48. The lowest BCUT2D eigenvalue weighted by Crippen LogP contribution is -2.41. The Bertz CT molecular complexity index is 2110. The molecule has 3 fully saturated rings. The fourth-order valence-corrected chi connectivity index (χ4v) is 8.09. The molecule has 0 radical (unpaired) electrons. The first-order valence-corrected chi connectivity index (χ1v) is 16.3. The van der Waals surface area contributed by atoms with Gasteiger partial charge in [-0.05, 0) is 79.5 Å². The number of nitrogens with two attached hydrogens (primary N) is 1. The molecule has 9 rings (SSSR count). The molecule has 4 aliphatic rings. The monoisotopic (exact) mass is 615 g/mol. The molecule has 2 bridgehead atoms. The van der Waals surface area contributed by atoms with Gasteiger partial charge in [0.25, 0.3) is 11.8 Å². The predicted molar refractivity (Wildman–Crippen MR) is 175 cm³/mol. The first-order chi connectivity index (χ1) is 22.3. The largest absolute Gasteiger partial charge is 0.494 e. The van der Waals surface area contributed by atoms with E-state index in [9.17, 15) is 9.59 Å². The average Bonchev–Trinajstić information content (AvgIpc) is 3.26. The lowest BCUT2D eigenvalue weighted by molar-refractivity contribution is 0.0700. The number of methoxy groups -OCH3 is 1. The van der Waals surface area contributed by atoms with Gasteiger partial charge in [-0.25, -0.2) is 9.97 Å². The molecule has 2 aliphatic heterocycles. The molecule has 0 spiro atoms. The van der Waals surface area contributed by atoms with E-state index in [1.165, 1.54) is 12.8 Å². The highest BCUT2D eigenvalue weighted by Crippen LogP contribution is 2.40. The van der Waals surface area contributed by atoms with Crippen molar-refractivity contribution in [1.82, 2.24) is 28.9 Å². The zero-order valence-electron chi connectivity index (χ0n) is 26.4. The number of aromatic nitrogens is 4. The number of fused-ring (bicyclic) bond motifs is 5. The van der Waals surface area contributed by atoms with Gasteiger partial charge in [-0.2, -0.15) is 0 Å². The van der Waals surface area contributed by atoms with Gasteiger partial charge in [0.2, 0.25) is 0 Å². The fraction of sp³-hybridized carbons (Fsp3) is 0.389. The Morgan fingerprint density at radius 3 is 2.61 bits per heavy atom. The summed E-state index contributed by atoms with van der Waals surface area (Å²) >= 11 is 0. The molecule has 3 unspecified atom stereocenters. The molecular weight excluding hydrogens is 578 g/mol. The van der Waals surface area contributed by atoms with Crippen molar-refractivity contribution in [3.63, 3.8) is 0 Å². The molecule has 10 nitrogen and oxygen atoms in total. The van der Waals surface area contributed by atoms with Gasteiger partial charge in [-0.1, -0.05) is 12.1 Å². The summed E-state index contributed by atoms with van der Waals surface area (Å²) in [6.45, 7) is 2.21. The molecule has 3 atom stereocenters. The molecule has 2 aliphatic carbocycles. The van der Waals surface area contributed by atoms with Crippen LogP contribution in [-0.4, -0.2) is 73.5 Å². The van der Waals surface area contributed by atoms with Crippen LogP contribution in [0.2, 0.25) is 0 Å². The minimum absolute atomic E-state index is 0.00507. The molecule has 5 aromatic rings. The van der Waals surface area contributed by atoms with E-state index in [1.54, 1.807) is 12.0 Å². The minimum Gasteiger partial charge on any atom is -0.494 e. The summed E-state index contributed by atoms with van der Waals surface area (Å²) in [5.74, 6) is 2.45. The molecule has 3 aromatic heterocycles. The second-order valence-electron chi connectivity index (χ2n) is 13.7. The number of carbonyl (C=O) groups is 2. The quantitative estimate of drug-likeness (QED) is 0.293. The molecule has 234 valence electrons. The molecule has 5 heterocycles. The van der Waals surface area contributed by atoms with Crippen LogP contribution in [0, 0.1) is 11.8 Å². The average molecular weight is 616 g/mol. The van der Waals surface area contributed by atoms with Crippen molar-refractivity contribution in [1.29, 1.82) is 0 Å². The Hall–Kier alpha value is -4.70. The van der Waals surface area contributed by atoms with Crippen molar-refractivity contribution < 1.29 is 14.3 Å². The summed E-state index contributed by atoms with van der Waals surface area (Å²) in [6.07, 6.45) is 4.46. The van der Waals surface area contributed by atoms with Crippen LogP contribution < -0.4 is 10.5 Å². The topological polar surface area (TPSA) is 112 Å². The highest BCUT2D eigenvalue weighted by molar-refractivity contribution is 6.01. The number of amides is 2. The number of aryl methyl sites for hydroxylation is 1. The summed E-state index contributed by atoms with van der Waals surface area (Å²) in [6, 6.07) is 16.3. The van der Waals surface area contributed by atoms with Gasteiger partial charge in [0.05, 0.1) is 24.0 Å². The molecule has 2 N–H and O–H groups in total. The Kier molecular flexibility index (Phi) is 5.94. The van der Waals surface area contributed by atoms with Crippen molar-refractivity contribution in [3.05, 3.63) is 65.2 Å². The van der Waals surface area contributed by atoms with E-state index in [2.05, 4.69) is 27.3 Å². The van der Waals surface area contributed by atoms with Crippen LogP contribution in [0.5, 0.6) is 5.75 Å². The van der Waals surface area contributed by atoms with Crippen LogP contribution >= 0.6 is 0 Å². The number of carbonyl (C=O) groups excluding carboxylic acids is 2. The van der Waals surface area contributed by atoms with Crippen LogP contribution in [0.15, 0.2) is 48.5 Å². The third kappa shape index (κ3) is 4.05. The normalized spacial score (nSPS) is 22.1. The molecule has 1 saturated heterocycles. The standard InChI is InChI=1S/C36H37N7O3/c1-40-17-22-7-6-20(12-25(22)36(40)45)26-10-8-21-14-29(42(33(21)38-26)16-19-4-5-19)34-39-27-13-24(15-30(46-3)32(27)41(34)2)35(44)43-18-23-9-11-28(43)31(23)37/h6-8,10,12-15,19,23,28,31H,4-5,9,11,16-18,37H2,1-3H3. The minimum atomic E-state index is -0.00507. The van der Waals surface area contributed by atoms with E-state index in [4.69, 9.17) is 20.4 Å². The first kappa shape index (κ1) is 27.6. The van der Waals surface area contributed by atoms with Gasteiger partial charge in [0, 0.05) is 67.9 Å². The van der Waals surface area contributed by atoms with Gasteiger partial charge in [-0.15, -0.1) is 0 Å². The Morgan fingerprint density at radius 2 is 1.87 bits per heavy atom. The maximum atomic E-state index is 13.7. The van der Waals surface area contributed by atoms with Gasteiger partial charge in [-0.3, -0.25) is 9.59 Å². The van der Waals surface area contributed by atoms with E-state index in [0.29, 0.717) is 36.2 Å². The fourth-order valence-electron chi connectivity index (χ4n) is 8.09. The molecule has 2 saturated carbocycles. The van der Waals surface area contributed by atoms with E-state index < -0.39 is 0 Å². The maximum Gasteiger partial charge on any atom is 0.254 e. The summed E-state index contributed by atoms with van der Waals surface area (Å²) < 4.78 is 10.2. The van der Waals surface area contributed by atoms with Crippen molar-refractivity contribution in [2.45, 2.75) is 50.9 Å². The van der Waals surface area contributed by atoms with Gasteiger partial charge < -0.3 is 29.4 Å². The lowest BCUT2D eigenvalue weighted by Gasteiger charge is -2.27. The van der Waals surface area contributed by atoms with Crippen LogP contribution in [0.1, 0.15) is 52.0 Å². The Balaban J connectivity index is 1.14. The molecule has 2 amide bonds. The van der Waals surface area contributed by atoms with Crippen LogP contribution in [0.4, 0.5) is 0 Å².